The van der Waals surface area contributed by atoms with Gasteiger partial charge in [0.25, 0.3) is 0 Å². The fraction of sp³-hybridized carbons (Fsp3) is 0.278. The summed E-state index contributed by atoms with van der Waals surface area (Å²) < 4.78 is 5.16. The molecule has 0 radical (unpaired) electrons. The molecule has 3 rings (SSSR count). The van der Waals surface area contributed by atoms with Crippen LogP contribution in [-0.4, -0.2) is 25.0 Å². The van der Waals surface area contributed by atoms with Crippen molar-refractivity contribution >= 4 is 17.7 Å². The quantitative estimate of drug-likeness (QED) is 0.862. The minimum atomic E-state index is -0.0867. The first-order chi connectivity index (χ1) is 10.8. The summed E-state index contributed by atoms with van der Waals surface area (Å²) in [6.45, 7) is 1.71. The Labute approximate surface area is 130 Å². The Morgan fingerprint density at radius 2 is 2.14 bits per heavy atom. The minimum Gasteiger partial charge on any atom is -0.465 e. The first-order valence-electron chi connectivity index (χ1n) is 7.64. The van der Waals surface area contributed by atoms with Gasteiger partial charge >= 0.3 is 0 Å². The molecule has 0 spiro atoms. The molecule has 2 heterocycles. The highest BCUT2D eigenvalue weighted by molar-refractivity contribution is 5.91. The summed E-state index contributed by atoms with van der Waals surface area (Å²) in [4.78, 5) is 14.3. The fourth-order valence-corrected chi connectivity index (χ4v) is 2.83. The van der Waals surface area contributed by atoms with Gasteiger partial charge in [-0.2, -0.15) is 0 Å². The topological polar surface area (TPSA) is 45.5 Å². The Hall–Kier alpha value is -2.49. The SMILES string of the molecule is O=C(/C=C/c1ccco1)NC[C@@H]1CCCN1c1ccccc1. The van der Waals surface area contributed by atoms with Gasteiger partial charge < -0.3 is 14.6 Å². The van der Waals surface area contributed by atoms with E-state index in [4.69, 9.17) is 4.42 Å². The van der Waals surface area contributed by atoms with Crippen molar-refractivity contribution in [3.63, 3.8) is 0 Å². The predicted molar refractivity (Wildman–Crippen MR) is 87.6 cm³/mol. The molecule has 0 aliphatic carbocycles. The molecule has 0 unspecified atom stereocenters. The third-order valence-corrected chi connectivity index (χ3v) is 3.92. The highest BCUT2D eigenvalue weighted by Crippen LogP contribution is 2.24. The van der Waals surface area contributed by atoms with E-state index in [2.05, 4.69) is 34.5 Å². The molecule has 1 aliphatic rings. The third-order valence-electron chi connectivity index (χ3n) is 3.92. The van der Waals surface area contributed by atoms with E-state index in [0.717, 1.165) is 19.4 Å². The van der Waals surface area contributed by atoms with E-state index in [1.54, 1.807) is 18.4 Å². The Bertz CT molecular complexity index is 620. The van der Waals surface area contributed by atoms with Crippen molar-refractivity contribution in [3.05, 3.63) is 60.6 Å². The van der Waals surface area contributed by atoms with Crippen molar-refractivity contribution in [2.45, 2.75) is 18.9 Å². The van der Waals surface area contributed by atoms with Gasteiger partial charge in [0.15, 0.2) is 0 Å². The zero-order valence-corrected chi connectivity index (χ0v) is 12.4. The van der Waals surface area contributed by atoms with Crippen LogP contribution in [0.25, 0.3) is 6.08 Å². The fourth-order valence-electron chi connectivity index (χ4n) is 2.83. The number of amides is 1. The molecule has 1 saturated heterocycles. The summed E-state index contributed by atoms with van der Waals surface area (Å²) in [6, 6.07) is 14.4. The number of furan rings is 1. The van der Waals surface area contributed by atoms with E-state index >= 15 is 0 Å². The number of carbonyl (C=O) groups is 1. The highest BCUT2D eigenvalue weighted by atomic mass is 16.3. The lowest BCUT2D eigenvalue weighted by atomic mass is 10.2. The third kappa shape index (κ3) is 3.58. The lowest BCUT2D eigenvalue weighted by molar-refractivity contribution is -0.116. The molecule has 1 aliphatic heterocycles. The molecule has 1 atom stereocenters. The highest BCUT2D eigenvalue weighted by Gasteiger charge is 2.24. The molecule has 1 aromatic carbocycles. The number of nitrogens with zero attached hydrogens (tertiary/aromatic N) is 1. The van der Waals surface area contributed by atoms with Crippen LogP contribution in [-0.2, 0) is 4.79 Å². The van der Waals surface area contributed by atoms with Crippen LogP contribution in [0.2, 0.25) is 0 Å². The van der Waals surface area contributed by atoms with Gasteiger partial charge in [0.2, 0.25) is 5.91 Å². The van der Waals surface area contributed by atoms with E-state index in [1.807, 2.05) is 12.1 Å². The standard InChI is InChI=1S/C18H20N2O2/c21-18(11-10-17-9-5-13-22-17)19-14-16-8-4-12-20(16)15-6-2-1-3-7-15/h1-3,5-7,9-11,13,16H,4,8,12,14H2,(H,19,21)/b11-10+/t16-/m0/s1. The normalized spacial score (nSPS) is 18.0. The minimum absolute atomic E-state index is 0.0867. The summed E-state index contributed by atoms with van der Waals surface area (Å²) >= 11 is 0. The van der Waals surface area contributed by atoms with E-state index in [-0.39, 0.29) is 5.91 Å². The molecule has 114 valence electrons. The average molecular weight is 296 g/mol. The lowest BCUT2D eigenvalue weighted by Gasteiger charge is -2.26. The van der Waals surface area contributed by atoms with Gasteiger partial charge in [-0.15, -0.1) is 0 Å². The predicted octanol–water partition coefficient (Wildman–Crippen LogP) is 3.08. The number of hydrogen-bond donors (Lipinski definition) is 1. The number of hydrogen-bond acceptors (Lipinski definition) is 3. The van der Waals surface area contributed by atoms with Crippen LogP contribution in [0.15, 0.2) is 59.2 Å². The molecule has 1 N–H and O–H groups in total. The second-order valence-corrected chi connectivity index (χ2v) is 5.42. The van der Waals surface area contributed by atoms with Gasteiger partial charge in [0.05, 0.1) is 6.26 Å². The summed E-state index contributed by atoms with van der Waals surface area (Å²) in [6.07, 6.45) is 7.06. The number of anilines is 1. The molecule has 4 nitrogen and oxygen atoms in total. The van der Waals surface area contributed by atoms with Crippen molar-refractivity contribution in [2.24, 2.45) is 0 Å². The van der Waals surface area contributed by atoms with Crippen LogP contribution in [0.1, 0.15) is 18.6 Å². The van der Waals surface area contributed by atoms with Gasteiger partial charge in [0, 0.05) is 30.9 Å². The monoisotopic (exact) mass is 296 g/mol. The number of nitrogens with one attached hydrogen (secondary N) is 1. The van der Waals surface area contributed by atoms with Crippen molar-refractivity contribution in [3.8, 4) is 0 Å². The molecule has 2 aromatic rings. The maximum Gasteiger partial charge on any atom is 0.244 e. The number of carbonyl (C=O) groups excluding carboxylic acids is 1. The van der Waals surface area contributed by atoms with Crippen LogP contribution in [0, 0.1) is 0 Å². The van der Waals surface area contributed by atoms with Crippen LogP contribution >= 0.6 is 0 Å². The van der Waals surface area contributed by atoms with E-state index in [1.165, 1.54) is 11.8 Å². The smallest absolute Gasteiger partial charge is 0.244 e. The molecule has 4 heteroatoms. The van der Waals surface area contributed by atoms with Crippen molar-refractivity contribution < 1.29 is 9.21 Å². The molecule has 22 heavy (non-hydrogen) atoms. The molecule has 1 fully saturated rings. The Morgan fingerprint density at radius 1 is 1.27 bits per heavy atom. The zero-order valence-electron chi connectivity index (χ0n) is 12.4. The molecule has 1 amide bonds. The van der Waals surface area contributed by atoms with Crippen LogP contribution < -0.4 is 10.2 Å². The van der Waals surface area contributed by atoms with Gasteiger partial charge in [-0.05, 0) is 43.2 Å². The molecule has 1 aromatic heterocycles. The maximum atomic E-state index is 11.9. The second kappa shape index (κ2) is 6.98. The van der Waals surface area contributed by atoms with Gasteiger partial charge in [-0.25, -0.2) is 0 Å². The molecular weight excluding hydrogens is 276 g/mol. The molecular formula is C18H20N2O2. The Kier molecular flexibility index (Phi) is 4.59. The number of benzene rings is 1. The lowest BCUT2D eigenvalue weighted by Crippen LogP contribution is -2.39. The van der Waals surface area contributed by atoms with Crippen molar-refractivity contribution in [2.75, 3.05) is 18.0 Å². The molecule has 0 bridgehead atoms. The van der Waals surface area contributed by atoms with Crippen molar-refractivity contribution in [1.29, 1.82) is 0 Å². The number of rotatable bonds is 5. The Morgan fingerprint density at radius 3 is 2.91 bits per heavy atom. The van der Waals surface area contributed by atoms with Gasteiger partial charge in [-0.1, -0.05) is 18.2 Å². The van der Waals surface area contributed by atoms with E-state index in [9.17, 15) is 4.79 Å². The maximum absolute atomic E-state index is 11.9. The van der Waals surface area contributed by atoms with E-state index in [0.29, 0.717) is 18.3 Å². The summed E-state index contributed by atoms with van der Waals surface area (Å²) in [7, 11) is 0. The first kappa shape index (κ1) is 14.4. The van der Waals surface area contributed by atoms with Crippen LogP contribution in [0.3, 0.4) is 0 Å². The van der Waals surface area contributed by atoms with Gasteiger partial charge in [0.1, 0.15) is 5.76 Å². The van der Waals surface area contributed by atoms with Crippen LogP contribution in [0.5, 0.6) is 0 Å². The summed E-state index contributed by atoms with van der Waals surface area (Å²) in [5, 5.41) is 2.98. The van der Waals surface area contributed by atoms with E-state index < -0.39 is 0 Å². The number of para-hydroxylation sites is 1. The summed E-state index contributed by atoms with van der Waals surface area (Å²) in [5.41, 5.74) is 1.23. The van der Waals surface area contributed by atoms with Crippen molar-refractivity contribution in [1.82, 2.24) is 5.32 Å². The first-order valence-corrected chi connectivity index (χ1v) is 7.64. The average Bonchev–Trinajstić information content (AvgIpc) is 3.23. The van der Waals surface area contributed by atoms with Crippen LogP contribution in [0.4, 0.5) is 5.69 Å². The van der Waals surface area contributed by atoms with Gasteiger partial charge in [-0.3, -0.25) is 4.79 Å². The Balaban J connectivity index is 1.53. The largest absolute Gasteiger partial charge is 0.465 e. The molecule has 0 saturated carbocycles. The second-order valence-electron chi connectivity index (χ2n) is 5.42. The summed E-state index contributed by atoms with van der Waals surface area (Å²) in [5.74, 6) is 0.596. The zero-order chi connectivity index (χ0) is 15.2.